The Morgan fingerprint density at radius 1 is 0.667 bits per heavy atom. The first-order valence-electron chi connectivity index (χ1n) is 14.0. The van der Waals surface area contributed by atoms with Crippen LogP contribution in [0.15, 0.2) is 82.3 Å². The fourth-order valence-corrected chi connectivity index (χ4v) is 8.12. The van der Waals surface area contributed by atoms with E-state index >= 15 is 0 Å². The van der Waals surface area contributed by atoms with Gasteiger partial charge in [-0.3, -0.25) is 33.0 Å². The average molecular weight is 931 g/mol. The Morgan fingerprint density at radius 3 is 1.79 bits per heavy atom. The molecule has 1 aliphatic rings. The van der Waals surface area contributed by atoms with Gasteiger partial charge in [-0.05, 0) is 77.3 Å². The molecule has 0 atom stereocenters. The third-order valence-electron chi connectivity index (χ3n) is 7.00. The van der Waals surface area contributed by atoms with Crippen molar-refractivity contribution in [2.24, 2.45) is 15.3 Å². The van der Waals surface area contributed by atoms with Crippen molar-refractivity contribution in [1.29, 1.82) is 0 Å². The number of halogens is 2. The van der Waals surface area contributed by atoms with Crippen molar-refractivity contribution in [2.45, 2.75) is 19.6 Å². The van der Waals surface area contributed by atoms with E-state index in [1.54, 1.807) is 0 Å². The predicted molar refractivity (Wildman–Crippen MR) is 195 cm³/mol. The molecule has 0 aliphatic heterocycles. The van der Waals surface area contributed by atoms with Crippen LogP contribution in [0.2, 0.25) is 10.6 Å². The van der Waals surface area contributed by atoms with Gasteiger partial charge in [-0.2, -0.15) is 62.1 Å². The molecule has 0 unspecified atom stereocenters. The number of carbonyl (C=O) groups excluding carboxylic acids is 1. The molecule has 32 heteroatoms. The van der Waals surface area contributed by atoms with Crippen LogP contribution >= 0.6 is 23.2 Å². The highest BCUT2D eigenvalue weighted by molar-refractivity contribution is 7.91. The van der Waals surface area contributed by atoms with Crippen molar-refractivity contribution in [3.63, 3.8) is 0 Å². The zero-order valence-corrected chi connectivity index (χ0v) is 32.5. The summed E-state index contributed by atoms with van der Waals surface area (Å²) in [6.07, 6.45) is 0.445. The largest absolute Gasteiger partial charge is 0.396 e. The first-order valence-corrected chi connectivity index (χ1v) is 22.0. The van der Waals surface area contributed by atoms with Gasteiger partial charge in [0.2, 0.25) is 22.3 Å². The number of ketones is 1. The summed E-state index contributed by atoms with van der Waals surface area (Å²) in [6.45, 7) is 0. The molecule has 0 saturated carbocycles. The normalized spacial score (nSPS) is 14.8. The first kappa shape index (κ1) is 43.0. The Kier molecular flexibility index (Phi) is 11.3. The highest BCUT2D eigenvalue weighted by Crippen LogP contribution is 2.41. The van der Waals surface area contributed by atoms with Crippen molar-refractivity contribution in [1.82, 2.24) is 15.0 Å². The number of azo groups is 1. The Morgan fingerprint density at radius 2 is 1.25 bits per heavy atom. The summed E-state index contributed by atoms with van der Waals surface area (Å²) in [7, 11) is -26.4. The summed E-state index contributed by atoms with van der Waals surface area (Å²) in [5.41, 5.74) is 1.18. The van der Waals surface area contributed by atoms with Crippen LogP contribution in [-0.2, 0) is 50.6 Å². The van der Waals surface area contributed by atoms with Crippen LogP contribution in [0.25, 0.3) is 6.08 Å². The third kappa shape index (κ3) is 9.54. The van der Waals surface area contributed by atoms with E-state index < -0.39 is 120 Å². The number of aromatic nitrogens is 3. The number of anilines is 4. The van der Waals surface area contributed by atoms with E-state index in [-0.39, 0.29) is 22.2 Å². The lowest BCUT2D eigenvalue weighted by Crippen LogP contribution is -2.28. The van der Waals surface area contributed by atoms with Gasteiger partial charge in [0.15, 0.2) is 5.71 Å². The first-order chi connectivity index (χ1) is 26.1. The van der Waals surface area contributed by atoms with Crippen LogP contribution in [-0.4, -0.2) is 91.3 Å². The van der Waals surface area contributed by atoms with Crippen LogP contribution in [0.1, 0.15) is 15.9 Å². The minimum absolute atomic E-state index is 0.0782. The monoisotopic (exact) mass is 929 g/mol. The van der Waals surface area contributed by atoms with Gasteiger partial charge in [-0.25, -0.2) is 0 Å². The highest BCUT2D eigenvalue weighted by atomic mass is 35.5. The number of fused-ring (bicyclic) bond motifs is 1. The second kappa shape index (κ2) is 15.0. The van der Waals surface area contributed by atoms with Gasteiger partial charge in [0, 0.05) is 5.69 Å². The Balaban J connectivity index is 1.70. The molecule has 0 spiro atoms. The molecule has 5 rings (SSSR count). The van der Waals surface area contributed by atoms with Crippen molar-refractivity contribution in [2.75, 3.05) is 16.5 Å². The van der Waals surface area contributed by atoms with E-state index in [1.165, 1.54) is 0 Å². The number of hydrogen-bond donors (Lipinski definition) is 8. The molecule has 1 heterocycles. The number of Topliss-reactive ketones (excluding diaryl/α,β-unsaturated/α-hetero) is 1. The molecule has 0 radical (unpaired) electrons. The number of carbonyl (C=O) groups is 1. The molecule has 0 fully saturated rings. The van der Waals surface area contributed by atoms with Crippen molar-refractivity contribution in [3.05, 3.63) is 69.1 Å². The van der Waals surface area contributed by atoms with E-state index in [9.17, 15) is 69.6 Å². The van der Waals surface area contributed by atoms with Crippen LogP contribution in [0, 0.1) is 0 Å². The molecule has 57 heavy (non-hydrogen) atoms. The number of nitrogens with zero attached hydrogens (tertiary/aromatic N) is 6. The van der Waals surface area contributed by atoms with Gasteiger partial charge in [0.05, 0.1) is 21.8 Å². The van der Waals surface area contributed by atoms with Gasteiger partial charge in [-0.1, -0.05) is 0 Å². The Labute approximate surface area is 329 Å². The molecular weight excluding hydrogens is 914 g/mol. The summed E-state index contributed by atoms with van der Waals surface area (Å²) in [6, 6.07) is 4.56. The maximum Gasteiger partial charge on any atom is 0.296 e. The fraction of sp³-hybridized carbons (Fsp3) is 0. The van der Waals surface area contributed by atoms with Gasteiger partial charge >= 0.3 is 0 Å². The topological polar surface area (TPSA) is 415 Å². The van der Waals surface area contributed by atoms with Crippen LogP contribution < -0.4 is 16.5 Å². The van der Waals surface area contributed by atoms with Gasteiger partial charge < -0.3 is 11.1 Å². The van der Waals surface area contributed by atoms with Crippen LogP contribution in [0.4, 0.5) is 34.4 Å². The number of allylic oxidation sites excluding steroid dienone is 1. The maximum atomic E-state index is 13.9. The van der Waals surface area contributed by atoms with E-state index in [0.29, 0.717) is 30.3 Å². The molecule has 0 amide bonds. The third-order valence-corrected chi connectivity index (χ3v) is 11.7. The van der Waals surface area contributed by atoms with E-state index in [4.69, 9.17) is 28.9 Å². The maximum absolute atomic E-state index is 13.9. The molecule has 0 saturated heterocycles. The summed E-state index contributed by atoms with van der Waals surface area (Å²) >= 11 is 11.5. The lowest BCUT2D eigenvalue weighted by Gasteiger charge is -2.20. The highest BCUT2D eigenvalue weighted by Gasteiger charge is 2.37. The summed E-state index contributed by atoms with van der Waals surface area (Å²) in [4.78, 5) is 19.2. The second-order valence-corrected chi connectivity index (χ2v) is 18.4. The standard InChI is InChI=1S/C25H17Cl2N9O16S5/c26-23-30-24(27)32-25(31-23)29-10-1-3-14(54(41,42)43)12(7-10)33-36-21-17(57(50,51)52)6-9-5-16(56(47,48)49)20(19(28)18(9)22(21)37)35-34-13-8-11(53(38,39)40)2-4-15(13)55(44,45)46/h1-8,33H,28H2,(H,38,39,40)(H,41,42,43)(H,44,45,46)(H,47,48,49)(H,50,51,52)(H,29,30,31,32)/b35-34+,36-21-. The lowest BCUT2D eigenvalue weighted by molar-refractivity contribution is 0.106. The molecule has 0 bridgehead atoms. The van der Waals surface area contributed by atoms with Gasteiger partial charge in [0.1, 0.15) is 31.0 Å². The van der Waals surface area contributed by atoms with Crippen molar-refractivity contribution in [3.8, 4) is 0 Å². The molecule has 4 aromatic rings. The number of benzene rings is 3. The lowest BCUT2D eigenvalue weighted by atomic mass is 9.92. The molecule has 25 nitrogen and oxygen atoms in total. The van der Waals surface area contributed by atoms with Gasteiger partial charge in [-0.15, -0.1) is 10.2 Å². The quantitative estimate of drug-likeness (QED) is 0.0464. The number of nitrogens with one attached hydrogen (secondary N) is 2. The number of rotatable bonds is 11. The molecule has 1 aromatic heterocycles. The summed E-state index contributed by atoms with van der Waals surface area (Å²) in [5, 5.41) is 12.3. The number of nitrogens with two attached hydrogens (primary N) is 1. The second-order valence-electron chi connectivity index (χ2n) is 10.7. The molecule has 302 valence electrons. The summed E-state index contributed by atoms with van der Waals surface area (Å²) in [5.74, 6) is -1.85. The molecule has 9 N–H and O–H groups in total. The molecule has 1 aliphatic carbocycles. The van der Waals surface area contributed by atoms with Crippen LogP contribution in [0.3, 0.4) is 0 Å². The van der Waals surface area contributed by atoms with Crippen LogP contribution in [0.5, 0.6) is 0 Å². The number of hydrogen-bond acceptors (Lipinski definition) is 20. The predicted octanol–water partition coefficient (Wildman–Crippen LogP) is 2.80. The van der Waals surface area contributed by atoms with Crippen molar-refractivity contribution >= 4 is 126 Å². The number of hydrazone groups is 1. The van der Waals surface area contributed by atoms with Gasteiger partial charge in [0.25, 0.3) is 50.6 Å². The fourth-order valence-electron chi connectivity index (χ4n) is 4.70. The smallest absolute Gasteiger partial charge is 0.296 e. The average Bonchev–Trinajstić information content (AvgIpc) is 3.04. The minimum Gasteiger partial charge on any atom is -0.396 e. The Bertz CT molecular complexity index is 3090. The van der Waals surface area contributed by atoms with E-state index in [1.807, 2.05) is 0 Å². The van der Waals surface area contributed by atoms with E-state index in [2.05, 4.69) is 41.0 Å². The van der Waals surface area contributed by atoms with Crippen molar-refractivity contribution < 1.29 is 69.6 Å². The van der Waals surface area contributed by atoms with E-state index in [0.717, 1.165) is 18.2 Å². The SMILES string of the molecule is Nc1c(/N=N/c2cc(S(=O)(=O)O)ccc2S(=O)(=O)O)c(S(=O)(=O)O)cc2c1C(=O)/C(=N\Nc1cc(Nc3nc(Cl)nc(Cl)n3)ccc1S(=O)(=O)O)C(S(=O)(=O)O)=C2. The molecule has 3 aromatic carbocycles. The zero-order chi connectivity index (χ0) is 42.6. The number of nitrogen functional groups attached to an aromatic ring is 1. The summed E-state index contributed by atoms with van der Waals surface area (Å²) < 4.78 is 170. The molecular formula is C25H17Cl2N9O16S5. The Hall–Kier alpha value is -5.12. The zero-order valence-electron chi connectivity index (χ0n) is 26.9. The minimum atomic E-state index is -5.51.